The first-order valence-electron chi connectivity index (χ1n) is 7.37. The summed E-state index contributed by atoms with van der Waals surface area (Å²) in [5.74, 6) is -0.924. The van der Waals surface area contributed by atoms with Crippen molar-refractivity contribution in [2.24, 2.45) is 0 Å². The lowest BCUT2D eigenvalue weighted by Crippen LogP contribution is -2.49. The Balaban J connectivity index is 2.70. The maximum atomic E-state index is 12.5. The minimum Gasteiger partial charge on any atom is -0.480 e. The van der Waals surface area contributed by atoms with Gasteiger partial charge in [-0.2, -0.15) is 0 Å². The van der Waals surface area contributed by atoms with Crippen LogP contribution in [0.2, 0.25) is 0 Å². The fraction of sp³-hybridized carbons (Fsp3) is 0.857. The van der Waals surface area contributed by atoms with E-state index in [1.165, 1.54) is 0 Å². The van der Waals surface area contributed by atoms with E-state index in [9.17, 15) is 9.59 Å². The second-order valence-corrected chi connectivity index (χ2v) is 5.18. The van der Waals surface area contributed by atoms with Crippen molar-refractivity contribution in [2.45, 2.75) is 58.4 Å². The average molecular weight is 270 g/mol. The molecular formula is C14H26N2O3. The van der Waals surface area contributed by atoms with Crippen LogP contribution in [0.3, 0.4) is 0 Å². The molecule has 110 valence electrons. The third-order valence-corrected chi connectivity index (χ3v) is 3.75. The fourth-order valence-electron chi connectivity index (χ4n) is 2.63. The van der Waals surface area contributed by atoms with E-state index < -0.39 is 5.97 Å². The molecule has 19 heavy (non-hydrogen) atoms. The maximum Gasteiger partial charge on any atom is 0.323 e. The monoisotopic (exact) mass is 270 g/mol. The Hall–Kier alpha value is -1.26. The second kappa shape index (κ2) is 8.02. The van der Waals surface area contributed by atoms with E-state index in [1.807, 2.05) is 6.92 Å². The van der Waals surface area contributed by atoms with Crippen molar-refractivity contribution >= 4 is 12.0 Å². The number of carbonyl (C=O) groups is 2. The van der Waals surface area contributed by atoms with Crippen LogP contribution < -0.4 is 0 Å². The molecule has 5 nitrogen and oxygen atoms in total. The molecule has 0 spiro atoms. The number of hydrogen-bond donors (Lipinski definition) is 1. The Morgan fingerprint density at radius 1 is 1.21 bits per heavy atom. The number of hydrogen-bond acceptors (Lipinski definition) is 2. The van der Waals surface area contributed by atoms with Gasteiger partial charge in [-0.3, -0.25) is 4.79 Å². The highest BCUT2D eigenvalue weighted by Gasteiger charge is 2.30. The van der Waals surface area contributed by atoms with E-state index in [2.05, 4.69) is 6.92 Å². The zero-order valence-electron chi connectivity index (χ0n) is 12.1. The van der Waals surface area contributed by atoms with Crippen LogP contribution in [-0.2, 0) is 4.79 Å². The summed E-state index contributed by atoms with van der Waals surface area (Å²) in [6.07, 6.45) is 6.05. The molecule has 0 aromatic rings. The second-order valence-electron chi connectivity index (χ2n) is 5.18. The molecule has 1 saturated carbocycles. The Bertz CT molecular complexity index is 301. The number of rotatable bonds is 7. The summed E-state index contributed by atoms with van der Waals surface area (Å²) in [5.41, 5.74) is 0. The molecule has 0 aromatic heterocycles. The average Bonchev–Trinajstić information content (AvgIpc) is 2.90. The molecule has 1 aliphatic rings. The predicted octanol–water partition coefficient (Wildman–Crippen LogP) is 2.56. The number of nitrogens with zero attached hydrogens (tertiary/aromatic N) is 2. The first-order valence-corrected chi connectivity index (χ1v) is 7.37. The van der Waals surface area contributed by atoms with Crippen molar-refractivity contribution in [1.29, 1.82) is 0 Å². The van der Waals surface area contributed by atoms with E-state index in [4.69, 9.17) is 5.11 Å². The lowest BCUT2D eigenvalue weighted by atomic mass is 10.2. The van der Waals surface area contributed by atoms with E-state index in [1.54, 1.807) is 9.80 Å². The van der Waals surface area contributed by atoms with Crippen LogP contribution in [0.5, 0.6) is 0 Å². The highest BCUT2D eigenvalue weighted by molar-refractivity contribution is 5.80. The van der Waals surface area contributed by atoms with Crippen molar-refractivity contribution in [3.05, 3.63) is 0 Å². The van der Waals surface area contributed by atoms with Gasteiger partial charge < -0.3 is 14.9 Å². The van der Waals surface area contributed by atoms with Crippen LogP contribution in [0.25, 0.3) is 0 Å². The lowest BCUT2D eigenvalue weighted by molar-refractivity contribution is -0.138. The molecule has 0 saturated heterocycles. The van der Waals surface area contributed by atoms with Crippen molar-refractivity contribution in [3.8, 4) is 0 Å². The molecule has 2 amide bonds. The number of carboxylic acids is 1. The molecule has 1 N–H and O–H groups in total. The first-order chi connectivity index (χ1) is 9.10. The molecule has 5 heteroatoms. The van der Waals surface area contributed by atoms with Crippen molar-refractivity contribution < 1.29 is 14.7 Å². The van der Waals surface area contributed by atoms with Gasteiger partial charge >= 0.3 is 12.0 Å². The van der Waals surface area contributed by atoms with Gasteiger partial charge in [-0.1, -0.05) is 26.2 Å². The predicted molar refractivity (Wildman–Crippen MR) is 74.1 cm³/mol. The summed E-state index contributed by atoms with van der Waals surface area (Å²) in [6, 6.07) is 0.00419. The first kappa shape index (κ1) is 15.8. The van der Waals surface area contributed by atoms with Gasteiger partial charge in [0.1, 0.15) is 6.54 Å². The van der Waals surface area contributed by atoms with Crippen LogP contribution >= 0.6 is 0 Å². The zero-order valence-corrected chi connectivity index (χ0v) is 12.1. The number of carboxylic acid groups (broad SMARTS) is 1. The third kappa shape index (κ3) is 4.73. The Kier molecular flexibility index (Phi) is 6.67. The minimum atomic E-state index is -0.924. The van der Waals surface area contributed by atoms with Crippen LogP contribution in [0.1, 0.15) is 52.4 Å². The standard InChI is InChI=1S/C14H26N2O3/c1-3-5-10-15(4-2)14(19)16(11-13(17)18)12-8-6-7-9-12/h12H,3-11H2,1-2H3,(H,17,18). The Labute approximate surface area is 115 Å². The van der Waals surface area contributed by atoms with E-state index in [0.717, 1.165) is 38.5 Å². The normalized spacial score (nSPS) is 15.5. The number of carbonyl (C=O) groups excluding carboxylic acids is 1. The Morgan fingerprint density at radius 3 is 2.32 bits per heavy atom. The number of unbranched alkanes of at least 4 members (excludes halogenated alkanes) is 1. The van der Waals surface area contributed by atoms with Gasteiger partial charge in [0.25, 0.3) is 0 Å². The molecule has 0 atom stereocenters. The molecule has 0 heterocycles. The molecule has 0 aliphatic heterocycles. The molecule has 1 rings (SSSR count). The van der Waals surface area contributed by atoms with E-state index in [-0.39, 0.29) is 18.6 Å². The largest absolute Gasteiger partial charge is 0.480 e. The van der Waals surface area contributed by atoms with Crippen LogP contribution in [-0.4, -0.2) is 52.6 Å². The molecule has 0 unspecified atom stereocenters. The molecule has 0 aromatic carbocycles. The van der Waals surface area contributed by atoms with Gasteiger partial charge in [0.15, 0.2) is 0 Å². The van der Waals surface area contributed by atoms with Gasteiger partial charge in [-0.25, -0.2) is 4.79 Å². The number of aliphatic carboxylic acids is 1. The number of amides is 2. The zero-order chi connectivity index (χ0) is 14.3. The van der Waals surface area contributed by atoms with Crippen molar-refractivity contribution in [3.63, 3.8) is 0 Å². The minimum absolute atomic E-state index is 0.106. The quantitative estimate of drug-likeness (QED) is 0.773. The van der Waals surface area contributed by atoms with Crippen LogP contribution in [0.4, 0.5) is 4.79 Å². The highest BCUT2D eigenvalue weighted by Crippen LogP contribution is 2.24. The Morgan fingerprint density at radius 2 is 1.84 bits per heavy atom. The number of urea groups is 1. The van der Waals surface area contributed by atoms with Gasteiger partial charge in [-0.05, 0) is 26.2 Å². The molecule has 1 fully saturated rings. The SMILES string of the molecule is CCCCN(CC)C(=O)N(CC(=O)O)C1CCCC1. The summed E-state index contributed by atoms with van der Waals surface area (Å²) in [7, 11) is 0. The van der Waals surface area contributed by atoms with Crippen molar-refractivity contribution in [2.75, 3.05) is 19.6 Å². The van der Waals surface area contributed by atoms with Gasteiger partial charge in [0.2, 0.25) is 0 Å². The van der Waals surface area contributed by atoms with Gasteiger partial charge in [-0.15, -0.1) is 0 Å². The smallest absolute Gasteiger partial charge is 0.323 e. The summed E-state index contributed by atoms with van der Waals surface area (Å²) in [5, 5.41) is 9.01. The van der Waals surface area contributed by atoms with Gasteiger partial charge in [0.05, 0.1) is 0 Å². The van der Waals surface area contributed by atoms with E-state index >= 15 is 0 Å². The molecule has 0 radical (unpaired) electrons. The van der Waals surface area contributed by atoms with E-state index in [0.29, 0.717) is 13.1 Å². The summed E-state index contributed by atoms with van der Waals surface area (Å²) < 4.78 is 0. The van der Waals surface area contributed by atoms with Crippen LogP contribution in [0, 0.1) is 0 Å². The topological polar surface area (TPSA) is 60.9 Å². The molecule has 0 bridgehead atoms. The van der Waals surface area contributed by atoms with Crippen molar-refractivity contribution in [1.82, 2.24) is 9.80 Å². The molecular weight excluding hydrogens is 244 g/mol. The molecule has 1 aliphatic carbocycles. The highest BCUT2D eigenvalue weighted by atomic mass is 16.4. The summed E-state index contributed by atoms with van der Waals surface area (Å²) in [4.78, 5) is 26.8. The van der Waals surface area contributed by atoms with Gasteiger partial charge in [0, 0.05) is 19.1 Å². The maximum absolute atomic E-state index is 12.5. The lowest BCUT2D eigenvalue weighted by Gasteiger charge is -2.33. The summed E-state index contributed by atoms with van der Waals surface area (Å²) in [6.45, 7) is 5.22. The third-order valence-electron chi connectivity index (χ3n) is 3.75. The fourth-order valence-corrected chi connectivity index (χ4v) is 2.63. The summed E-state index contributed by atoms with van der Waals surface area (Å²) >= 11 is 0. The van der Waals surface area contributed by atoms with Crippen LogP contribution in [0.15, 0.2) is 0 Å².